The van der Waals surface area contributed by atoms with Gasteiger partial charge in [0.25, 0.3) is 0 Å². The summed E-state index contributed by atoms with van der Waals surface area (Å²) in [5.74, 6) is 3.56. The highest BCUT2D eigenvalue weighted by Gasteiger charge is 2.08. The Balaban J connectivity index is 2.82. The van der Waals surface area contributed by atoms with E-state index in [1.165, 1.54) is 6.42 Å². The van der Waals surface area contributed by atoms with Crippen LogP contribution in [0.15, 0.2) is 6.07 Å². The Hall–Kier alpha value is -1.32. The predicted molar refractivity (Wildman–Crippen MR) is 78.3 cm³/mol. The van der Waals surface area contributed by atoms with Crippen LogP contribution >= 0.6 is 0 Å². The number of hydrogen-bond acceptors (Lipinski definition) is 4. The first-order valence-electron chi connectivity index (χ1n) is 6.89. The van der Waals surface area contributed by atoms with Crippen molar-refractivity contribution >= 4 is 11.6 Å². The molecule has 1 aromatic rings. The molecule has 0 saturated carbocycles. The van der Waals surface area contributed by atoms with Crippen molar-refractivity contribution in [2.45, 2.75) is 40.5 Å². The Bertz CT molecular complexity index is 363. The average Bonchev–Trinajstić information content (AvgIpc) is 2.35. The topological polar surface area (TPSA) is 41.0 Å². The second kappa shape index (κ2) is 7.19. The van der Waals surface area contributed by atoms with E-state index >= 15 is 0 Å². The lowest BCUT2D eigenvalue weighted by molar-refractivity contribution is 0.583. The summed E-state index contributed by atoms with van der Waals surface area (Å²) in [5, 5.41) is 3.26. The van der Waals surface area contributed by atoms with Crippen molar-refractivity contribution in [1.29, 1.82) is 0 Å². The summed E-state index contributed by atoms with van der Waals surface area (Å²) in [6.07, 6.45) is 2.04. The number of nitrogens with zero attached hydrogens (tertiary/aromatic N) is 3. The number of rotatable bonds is 7. The fraction of sp³-hybridized carbons (Fsp3) is 0.714. The van der Waals surface area contributed by atoms with Crippen LogP contribution in [0.25, 0.3) is 0 Å². The van der Waals surface area contributed by atoms with Crippen LogP contribution in [0.5, 0.6) is 0 Å². The van der Waals surface area contributed by atoms with E-state index in [9.17, 15) is 0 Å². The summed E-state index contributed by atoms with van der Waals surface area (Å²) in [5.41, 5.74) is 0. The van der Waals surface area contributed by atoms with Gasteiger partial charge in [0.15, 0.2) is 0 Å². The van der Waals surface area contributed by atoms with E-state index in [1.54, 1.807) is 0 Å². The van der Waals surface area contributed by atoms with Gasteiger partial charge in [0, 0.05) is 32.6 Å². The third-order valence-corrected chi connectivity index (χ3v) is 2.87. The molecule has 0 bridgehead atoms. The Kier molecular flexibility index (Phi) is 5.89. The second-order valence-corrected chi connectivity index (χ2v) is 5.02. The summed E-state index contributed by atoms with van der Waals surface area (Å²) in [6, 6.07) is 2.03. The number of aromatic nitrogens is 2. The molecule has 0 spiro atoms. The number of aryl methyl sites for hydroxylation is 1. The monoisotopic (exact) mass is 250 g/mol. The van der Waals surface area contributed by atoms with Gasteiger partial charge in [0.2, 0.25) is 0 Å². The molecule has 1 rings (SSSR count). The lowest BCUT2D eigenvalue weighted by atomic mass is 10.1. The molecule has 102 valence electrons. The molecule has 1 heterocycles. The predicted octanol–water partition coefficient (Wildman–Crippen LogP) is 2.95. The van der Waals surface area contributed by atoms with E-state index < -0.39 is 0 Å². The van der Waals surface area contributed by atoms with Gasteiger partial charge in [-0.25, -0.2) is 9.97 Å². The summed E-state index contributed by atoms with van der Waals surface area (Å²) in [7, 11) is 2.10. The van der Waals surface area contributed by atoms with Crippen molar-refractivity contribution in [3.05, 3.63) is 11.9 Å². The number of anilines is 2. The first kappa shape index (κ1) is 14.7. The van der Waals surface area contributed by atoms with Crippen LogP contribution < -0.4 is 10.2 Å². The number of nitrogens with one attached hydrogen (secondary N) is 1. The Morgan fingerprint density at radius 1 is 1.28 bits per heavy atom. The zero-order valence-electron chi connectivity index (χ0n) is 12.3. The van der Waals surface area contributed by atoms with Crippen molar-refractivity contribution in [2.24, 2.45) is 5.92 Å². The molecule has 0 unspecified atom stereocenters. The zero-order valence-corrected chi connectivity index (χ0v) is 12.3. The minimum absolute atomic E-state index is 0.716. The standard InChI is InChI=1S/C14H26N4/c1-6-12-16-13(15-7-2)10-14(17-12)18(5)9-8-11(3)4/h10-11H,6-9H2,1-5H3,(H,15,16,17). The minimum atomic E-state index is 0.716. The van der Waals surface area contributed by atoms with Crippen LogP contribution in [0.4, 0.5) is 11.6 Å². The SMILES string of the molecule is CCNc1cc(N(C)CCC(C)C)nc(CC)n1. The average molecular weight is 250 g/mol. The van der Waals surface area contributed by atoms with E-state index in [0.717, 1.165) is 37.0 Å². The van der Waals surface area contributed by atoms with E-state index in [1.807, 2.05) is 6.07 Å². The van der Waals surface area contributed by atoms with Gasteiger partial charge in [0.1, 0.15) is 17.5 Å². The normalized spacial score (nSPS) is 10.8. The lowest BCUT2D eigenvalue weighted by Gasteiger charge is -2.20. The summed E-state index contributed by atoms with van der Waals surface area (Å²) in [4.78, 5) is 11.3. The van der Waals surface area contributed by atoms with Gasteiger partial charge in [-0.15, -0.1) is 0 Å². The first-order valence-corrected chi connectivity index (χ1v) is 6.89. The van der Waals surface area contributed by atoms with Gasteiger partial charge in [0.05, 0.1) is 0 Å². The molecule has 4 heteroatoms. The molecule has 4 nitrogen and oxygen atoms in total. The van der Waals surface area contributed by atoms with Gasteiger partial charge in [-0.1, -0.05) is 20.8 Å². The minimum Gasteiger partial charge on any atom is -0.370 e. The molecule has 0 aliphatic heterocycles. The van der Waals surface area contributed by atoms with Crippen molar-refractivity contribution < 1.29 is 0 Å². The summed E-state index contributed by atoms with van der Waals surface area (Å²) < 4.78 is 0. The molecular formula is C14H26N4. The van der Waals surface area contributed by atoms with E-state index in [0.29, 0.717) is 5.92 Å². The smallest absolute Gasteiger partial charge is 0.134 e. The van der Waals surface area contributed by atoms with Gasteiger partial charge in [-0.05, 0) is 19.3 Å². The molecule has 0 atom stereocenters. The van der Waals surface area contributed by atoms with Crippen LogP contribution in [-0.4, -0.2) is 30.1 Å². The van der Waals surface area contributed by atoms with E-state index in [4.69, 9.17) is 0 Å². The first-order chi connectivity index (χ1) is 8.56. The summed E-state index contributed by atoms with van der Waals surface area (Å²) >= 11 is 0. The molecule has 0 aliphatic carbocycles. The van der Waals surface area contributed by atoms with E-state index in [-0.39, 0.29) is 0 Å². The van der Waals surface area contributed by atoms with Gasteiger partial charge in [-0.2, -0.15) is 0 Å². The van der Waals surface area contributed by atoms with Gasteiger partial charge < -0.3 is 10.2 Å². The molecule has 1 N–H and O–H groups in total. The molecule has 0 fully saturated rings. The van der Waals surface area contributed by atoms with Crippen molar-refractivity contribution in [3.63, 3.8) is 0 Å². The third-order valence-electron chi connectivity index (χ3n) is 2.87. The van der Waals surface area contributed by atoms with Crippen LogP contribution in [-0.2, 0) is 6.42 Å². The van der Waals surface area contributed by atoms with Crippen molar-refractivity contribution in [3.8, 4) is 0 Å². The fourth-order valence-electron chi connectivity index (χ4n) is 1.67. The molecule has 0 radical (unpaired) electrons. The highest BCUT2D eigenvalue weighted by atomic mass is 15.2. The van der Waals surface area contributed by atoms with Crippen LogP contribution in [0.2, 0.25) is 0 Å². The molecule has 0 aliphatic rings. The lowest BCUT2D eigenvalue weighted by Crippen LogP contribution is -2.22. The molecule has 0 amide bonds. The van der Waals surface area contributed by atoms with Crippen molar-refractivity contribution in [1.82, 2.24) is 9.97 Å². The van der Waals surface area contributed by atoms with Gasteiger partial charge >= 0.3 is 0 Å². The van der Waals surface area contributed by atoms with Gasteiger partial charge in [-0.3, -0.25) is 0 Å². The van der Waals surface area contributed by atoms with Crippen LogP contribution in [0.1, 0.15) is 39.9 Å². The quantitative estimate of drug-likeness (QED) is 0.808. The van der Waals surface area contributed by atoms with Crippen LogP contribution in [0, 0.1) is 5.92 Å². The molecule has 1 aromatic heterocycles. The Morgan fingerprint density at radius 2 is 2.00 bits per heavy atom. The molecular weight excluding hydrogens is 224 g/mol. The fourth-order valence-corrected chi connectivity index (χ4v) is 1.67. The zero-order chi connectivity index (χ0) is 13.5. The molecule has 0 saturated heterocycles. The summed E-state index contributed by atoms with van der Waals surface area (Å²) in [6.45, 7) is 10.6. The Labute approximate surface area is 111 Å². The van der Waals surface area contributed by atoms with E-state index in [2.05, 4.69) is 54.9 Å². The van der Waals surface area contributed by atoms with Crippen molar-refractivity contribution in [2.75, 3.05) is 30.4 Å². The second-order valence-electron chi connectivity index (χ2n) is 5.02. The third kappa shape index (κ3) is 4.51. The largest absolute Gasteiger partial charge is 0.370 e. The number of hydrogen-bond donors (Lipinski definition) is 1. The van der Waals surface area contributed by atoms with Crippen LogP contribution in [0.3, 0.4) is 0 Å². The highest BCUT2D eigenvalue weighted by Crippen LogP contribution is 2.16. The maximum atomic E-state index is 4.59. The highest BCUT2D eigenvalue weighted by molar-refractivity contribution is 5.48. The Morgan fingerprint density at radius 3 is 2.56 bits per heavy atom. The maximum absolute atomic E-state index is 4.59. The molecule has 0 aromatic carbocycles. The maximum Gasteiger partial charge on any atom is 0.134 e. The molecule has 18 heavy (non-hydrogen) atoms.